The summed E-state index contributed by atoms with van der Waals surface area (Å²) in [6.07, 6.45) is 30.2. The monoisotopic (exact) mass is 1510 g/mol. The molecule has 0 radical (unpaired) electrons. The van der Waals surface area contributed by atoms with E-state index in [0.29, 0.717) is 25.7 Å². The van der Waals surface area contributed by atoms with Crippen LogP contribution in [0, 0.1) is 0 Å². The molecule has 0 heterocycles. The molecule has 4 aromatic rings. The van der Waals surface area contributed by atoms with Crippen LogP contribution in [0.1, 0.15) is 307 Å². The van der Waals surface area contributed by atoms with Crippen molar-refractivity contribution in [2.24, 2.45) is 0 Å². The Labute approximate surface area is 612 Å². The molecule has 16 nitrogen and oxygen atoms in total. The standard InChI is InChI=1S/4C21H32O4.Sn/c4*1-3-4-5-6-7-8-9-10-14-17-21(19(22)23,20(24)25-2)18-15-12-11-13-16-18;/h4*11-13,15-16H,3-10,14,17H2,1-2H3,(H,22,23);/q;;;;+4/p-4. The molecule has 4 rings (SSSR count). The first kappa shape index (κ1) is 86.8. The molecule has 0 N–H and O–H groups in total. The number of carbonyl (C=O) groups is 8. The second kappa shape index (κ2) is 49.2. The normalized spacial score (nSPS) is 14.3. The Morgan fingerprint density at radius 3 is 0.525 bits per heavy atom. The van der Waals surface area contributed by atoms with E-state index in [4.69, 9.17) is 31.2 Å². The minimum atomic E-state index is -8.11. The van der Waals surface area contributed by atoms with Crippen molar-refractivity contribution in [3.63, 3.8) is 0 Å². The van der Waals surface area contributed by atoms with Gasteiger partial charge in [-0.3, -0.25) is 0 Å². The maximum atomic E-state index is 16.8. The first-order chi connectivity index (χ1) is 49.1. The van der Waals surface area contributed by atoms with E-state index in [-0.39, 0.29) is 73.6 Å². The maximum absolute atomic E-state index is 16.8. The number of rotatable bonds is 56. The molecule has 101 heavy (non-hydrogen) atoms. The van der Waals surface area contributed by atoms with E-state index in [1.54, 1.807) is 121 Å². The third-order valence-corrected chi connectivity index (χ3v) is 25.1. The van der Waals surface area contributed by atoms with Gasteiger partial charge in [0.05, 0.1) is 0 Å². The predicted molar refractivity (Wildman–Crippen MR) is 398 cm³/mol. The van der Waals surface area contributed by atoms with Crippen LogP contribution in [0.25, 0.3) is 0 Å². The van der Waals surface area contributed by atoms with E-state index in [1.165, 1.54) is 0 Å². The van der Waals surface area contributed by atoms with E-state index in [1.807, 2.05) is 0 Å². The molecule has 17 heteroatoms. The molecule has 0 aliphatic rings. The quantitative estimate of drug-likeness (QED) is 0.0132. The van der Waals surface area contributed by atoms with Crippen molar-refractivity contribution in [3.05, 3.63) is 144 Å². The number of methoxy groups -OCH3 is 4. The van der Waals surface area contributed by atoms with Crippen LogP contribution in [-0.2, 0) is 91.3 Å². The Morgan fingerprint density at radius 1 is 0.228 bits per heavy atom. The number of hydrogen-bond acceptors (Lipinski definition) is 16. The average molecular weight is 1510 g/mol. The Kier molecular flexibility index (Phi) is 42.3. The third kappa shape index (κ3) is 26.0. The summed E-state index contributed by atoms with van der Waals surface area (Å²) >= 11 is -8.11. The van der Waals surface area contributed by atoms with Gasteiger partial charge in [-0.1, -0.05) is 53.4 Å². The van der Waals surface area contributed by atoms with Crippen LogP contribution in [0.3, 0.4) is 0 Å². The van der Waals surface area contributed by atoms with Gasteiger partial charge < -0.3 is 0 Å². The molecule has 0 spiro atoms. The Hall–Kier alpha value is -6.56. The summed E-state index contributed by atoms with van der Waals surface area (Å²) in [5.41, 5.74) is -9.55. The molecule has 0 aliphatic heterocycles. The summed E-state index contributed by atoms with van der Waals surface area (Å²) in [5.74, 6) is -10.4. The van der Waals surface area contributed by atoms with Crippen molar-refractivity contribution in [1.29, 1.82) is 0 Å². The first-order valence-corrected chi connectivity index (χ1v) is 43.3. The summed E-state index contributed by atoms with van der Waals surface area (Å²) in [4.78, 5) is 128. The predicted octanol–water partition coefficient (Wildman–Crippen LogP) is 19.7. The van der Waals surface area contributed by atoms with Gasteiger partial charge >= 0.3 is 562 Å². The fraction of sp³-hybridized carbons (Fsp3) is 0.619. The summed E-state index contributed by atoms with van der Waals surface area (Å²) in [6.45, 7) is 8.65. The van der Waals surface area contributed by atoms with Crippen LogP contribution in [0.2, 0.25) is 0 Å². The van der Waals surface area contributed by atoms with Gasteiger partial charge in [0, 0.05) is 0 Å². The number of benzene rings is 4. The van der Waals surface area contributed by atoms with Crippen molar-refractivity contribution in [3.8, 4) is 0 Å². The Bertz CT molecular complexity index is 2600. The molecule has 0 saturated carbocycles. The average Bonchev–Trinajstić information content (AvgIpc) is 0.750. The van der Waals surface area contributed by atoms with Crippen LogP contribution in [0.5, 0.6) is 0 Å². The van der Waals surface area contributed by atoms with E-state index in [2.05, 4.69) is 27.7 Å². The van der Waals surface area contributed by atoms with Crippen LogP contribution < -0.4 is 0 Å². The molecule has 0 amide bonds. The fourth-order valence-electron chi connectivity index (χ4n) is 14.0. The van der Waals surface area contributed by atoms with Crippen molar-refractivity contribution in [1.82, 2.24) is 0 Å². The van der Waals surface area contributed by atoms with Crippen LogP contribution in [0.4, 0.5) is 0 Å². The number of unbranched alkanes of at least 4 members (excludes halogenated alkanes) is 32. The topological polar surface area (TPSA) is 210 Å². The molecule has 4 atom stereocenters. The number of ether oxygens (including phenoxy) is 4. The van der Waals surface area contributed by atoms with Crippen molar-refractivity contribution >= 4 is 67.8 Å². The fourth-order valence-corrected chi connectivity index (χ4v) is 19.3. The van der Waals surface area contributed by atoms with Gasteiger partial charge in [-0.25, -0.2) is 0 Å². The second-order valence-corrected chi connectivity index (χ2v) is 32.6. The summed E-state index contributed by atoms with van der Waals surface area (Å²) in [5, 5.41) is 0. The summed E-state index contributed by atoms with van der Waals surface area (Å²) in [6, 6.07) is 32.1. The van der Waals surface area contributed by atoms with Crippen LogP contribution in [0.15, 0.2) is 121 Å². The Balaban J connectivity index is 2.21. The van der Waals surface area contributed by atoms with E-state index >= 15 is 38.4 Å². The zero-order valence-corrected chi connectivity index (χ0v) is 65.7. The first-order valence-electron chi connectivity index (χ1n) is 38.6. The van der Waals surface area contributed by atoms with Gasteiger partial charge in [-0.15, -0.1) is 0 Å². The SMILES string of the molecule is CCCCCCCCCCCC(C(=O)OC)(C(=O)[O][Sn]([O]C(=O)C(CCCCCCCCCCC)(C(=O)OC)c1ccccc1)([O]C(=O)C(CCCCCCCCCCC)(C(=O)OC)c1ccccc1)[O]C(=O)C(CCCCCCCCCCC)(C(=O)OC)c1ccccc1)c1ccccc1. The van der Waals surface area contributed by atoms with Crippen molar-refractivity contribution in [2.75, 3.05) is 28.4 Å². The molecule has 0 bridgehead atoms. The van der Waals surface area contributed by atoms with Gasteiger partial charge in [-0.05, 0) is 0 Å². The van der Waals surface area contributed by atoms with Crippen molar-refractivity contribution < 1.29 is 69.6 Å². The van der Waals surface area contributed by atoms with Gasteiger partial charge in [0.1, 0.15) is 0 Å². The second-order valence-electron chi connectivity index (χ2n) is 27.4. The molecule has 0 aromatic heterocycles. The molecular weight excluding hydrogens is 1380 g/mol. The number of esters is 4. The minimum absolute atomic E-state index is 0.0799. The summed E-state index contributed by atoms with van der Waals surface area (Å²) < 4.78 is 49.8. The third-order valence-electron chi connectivity index (χ3n) is 20.1. The molecule has 560 valence electrons. The van der Waals surface area contributed by atoms with Gasteiger partial charge in [0.15, 0.2) is 0 Å². The molecule has 4 unspecified atom stereocenters. The molecule has 0 fully saturated rings. The van der Waals surface area contributed by atoms with Crippen molar-refractivity contribution in [2.45, 2.75) is 306 Å². The number of carbonyl (C=O) groups excluding carboxylic acids is 8. The Morgan fingerprint density at radius 2 is 0.376 bits per heavy atom. The van der Waals surface area contributed by atoms with Crippen LogP contribution in [-0.4, -0.2) is 96.2 Å². The molecule has 0 saturated heterocycles. The van der Waals surface area contributed by atoms with Crippen LogP contribution >= 0.6 is 0 Å². The van der Waals surface area contributed by atoms with E-state index in [9.17, 15) is 0 Å². The van der Waals surface area contributed by atoms with E-state index in [0.717, 1.165) is 208 Å². The molecule has 0 aliphatic carbocycles. The van der Waals surface area contributed by atoms with Gasteiger partial charge in [-0.2, -0.15) is 0 Å². The zero-order valence-electron chi connectivity index (χ0n) is 62.9. The molecule has 4 aromatic carbocycles. The van der Waals surface area contributed by atoms with Gasteiger partial charge in [0.25, 0.3) is 0 Å². The molecular formula is C84H124O16Sn. The zero-order chi connectivity index (χ0) is 73.5. The van der Waals surface area contributed by atoms with Gasteiger partial charge in [0.2, 0.25) is 0 Å². The number of hydrogen-bond donors (Lipinski definition) is 0. The summed E-state index contributed by atoms with van der Waals surface area (Å²) in [7, 11) is 4.47. The van der Waals surface area contributed by atoms with E-state index < -0.39 is 89.4 Å².